The van der Waals surface area contributed by atoms with Gasteiger partial charge < -0.3 is 20.1 Å². The normalized spacial score (nSPS) is 15.2. The third-order valence-electron chi connectivity index (χ3n) is 6.00. The van der Waals surface area contributed by atoms with E-state index in [2.05, 4.69) is 29.6 Å². The lowest BCUT2D eigenvalue weighted by molar-refractivity contribution is -0.138. The molecule has 0 aromatic heterocycles. The number of amides is 2. The summed E-state index contributed by atoms with van der Waals surface area (Å²) in [6, 6.07) is 16.3. The molecular formula is C25H26N2O5. The number of ether oxygens (including phenoxy) is 1. The van der Waals surface area contributed by atoms with Gasteiger partial charge in [0.05, 0.1) is 0 Å². The third-order valence-corrected chi connectivity index (χ3v) is 6.00. The molecule has 0 atom stereocenters. The lowest BCUT2D eigenvalue weighted by Gasteiger charge is -2.38. The van der Waals surface area contributed by atoms with Crippen molar-refractivity contribution < 1.29 is 24.2 Å². The lowest BCUT2D eigenvalue weighted by Crippen LogP contribution is -2.49. The van der Waals surface area contributed by atoms with Crippen LogP contribution in [-0.4, -0.2) is 54.2 Å². The van der Waals surface area contributed by atoms with Crippen molar-refractivity contribution >= 4 is 18.0 Å². The van der Waals surface area contributed by atoms with Crippen LogP contribution in [0.5, 0.6) is 0 Å². The van der Waals surface area contributed by atoms with Crippen molar-refractivity contribution in [3.63, 3.8) is 0 Å². The van der Waals surface area contributed by atoms with E-state index in [0.29, 0.717) is 19.5 Å². The average molecular weight is 434 g/mol. The van der Waals surface area contributed by atoms with Crippen molar-refractivity contribution in [2.24, 2.45) is 5.92 Å². The van der Waals surface area contributed by atoms with E-state index in [4.69, 9.17) is 9.84 Å². The van der Waals surface area contributed by atoms with E-state index in [9.17, 15) is 14.4 Å². The summed E-state index contributed by atoms with van der Waals surface area (Å²) in [4.78, 5) is 36.4. The Balaban J connectivity index is 1.20. The second-order valence-electron chi connectivity index (χ2n) is 8.15. The van der Waals surface area contributed by atoms with Gasteiger partial charge in [-0.25, -0.2) is 4.79 Å². The van der Waals surface area contributed by atoms with E-state index in [1.807, 2.05) is 24.3 Å². The van der Waals surface area contributed by atoms with Gasteiger partial charge in [0.25, 0.3) is 0 Å². The number of hydrogen-bond donors (Lipinski definition) is 2. The van der Waals surface area contributed by atoms with Crippen molar-refractivity contribution in [1.29, 1.82) is 0 Å². The Morgan fingerprint density at radius 1 is 1.03 bits per heavy atom. The minimum atomic E-state index is -0.811. The summed E-state index contributed by atoms with van der Waals surface area (Å²) in [6.07, 6.45) is 3.21. The summed E-state index contributed by atoms with van der Waals surface area (Å²) >= 11 is 0. The number of carboxylic acid groups (broad SMARTS) is 1. The fourth-order valence-corrected chi connectivity index (χ4v) is 4.32. The highest BCUT2D eigenvalue weighted by atomic mass is 16.5. The molecular weight excluding hydrogens is 408 g/mol. The summed E-state index contributed by atoms with van der Waals surface area (Å²) in [5.74, 6) is -0.687. The van der Waals surface area contributed by atoms with Crippen LogP contribution in [-0.2, 0) is 14.3 Å². The topological polar surface area (TPSA) is 95.9 Å². The molecule has 2 N–H and O–H groups in total. The molecule has 1 saturated heterocycles. The Kier molecular flexibility index (Phi) is 6.54. The summed E-state index contributed by atoms with van der Waals surface area (Å²) in [7, 11) is 0. The predicted molar refractivity (Wildman–Crippen MR) is 119 cm³/mol. The number of likely N-dealkylation sites (tertiary alicyclic amines) is 1. The number of benzene rings is 2. The summed E-state index contributed by atoms with van der Waals surface area (Å²) in [5.41, 5.74) is 4.66. The third kappa shape index (κ3) is 4.82. The van der Waals surface area contributed by atoms with Crippen LogP contribution in [0, 0.1) is 5.92 Å². The first-order valence-corrected chi connectivity index (χ1v) is 10.8. The molecule has 4 rings (SSSR count). The summed E-state index contributed by atoms with van der Waals surface area (Å²) < 4.78 is 5.46. The van der Waals surface area contributed by atoms with E-state index in [1.165, 1.54) is 17.2 Å². The summed E-state index contributed by atoms with van der Waals surface area (Å²) in [6.45, 7) is 1.60. The zero-order valence-electron chi connectivity index (χ0n) is 17.7. The van der Waals surface area contributed by atoms with Gasteiger partial charge in [-0.1, -0.05) is 54.6 Å². The molecule has 7 heteroatoms. The lowest BCUT2D eigenvalue weighted by atomic mass is 9.94. The van der Waals surface area contributed by atoms with Crippen LogP contribution < -0.4 is 5.32 Å². The van der Waals surface area contributed by atoms with E-state index in [-0.39, 0.29) is 37.3 Å². The molecule has 0 spiro atoms. The minimum absolute atomic E-state index is 0.00533. The number of alkyl carbamates (subject to hydrolysis) is 1. The second kappa shape index (κ2) is 9.68. The van der Waals surface area contributed by atoms with Gasteiger partial charge in [0.2, 0.25) is 5.91 Å². The number of aliphatic carboxylic acids is 1. The maximum Gasteiger partial charge on any atom is 0.407 e. The number of hydrogen-bond acceptors (Lipinski definition) is 4. The standard InChI is InChI=1S/C25H26N2O5/c28-23(27-14-17(15-27)11-12-24(29)30)10-5-13-26-25(31)32-16-22-20-8-3-1-6-18(20)19-7-2-4-9-21(19)22/h1-10,17,22H,11-16H2,(H,26,31)(H,29,30)/b10-5+. The second-order valence-corrected chi connectivity index (χ2v) is 8.15. The highest BCUT2D eigenvalue weighted by Crippen LogP contribution is 2.44. The van der Waals surface area contributed by atoms with Crippen LogP contribution in [0.4, 0.5) is 4.79 Å². The Bertz CT molecular complexity index is 997. The minimum Gasteiger partial charge on any atom is -0.481 e. The number of carbonyl (C=O) groups is 3. The molecule has 1 aliphatic heterocycles. The van der Waals surface area contributed by atoms with E-state index >= 15 is 0 Å². The maximum absolute atomic E-state index is 12.1. The van der Waals surface area contributed by atoms with Gasteiger partial charge in [0, 0.05) is 38.0 Å². The van der Waals surface area contributed by atoms with Crippen molar-refractivity contribution in [1.82, 2.24) is 10.2 Å². The fourth-order valence-electron chi connectivity index (χ4n) is 4.32. The molecule has 1 aliphatic carbocycles. The average Bonchev–Trinajstić information content (AvgIpc) is 3.08. The first-order chi connectivity index (χ1) is 15.5. The largest absolute Gasteiger partial charge is 0.481 e. The Labute approximate surface area is 186 Å². The molecule has 2 amide bonds. The molecule has 0 saturated carbocycles. The molecule has 32 heavy (non-hydrogen) atoms. The number of fused-ring (bicyclic) bond motifs is 3. The molecule has 2 aromatic carbocycles. The Hall–Kier alpha value is -3.61. The quantitative estimate of drug-likeness (QED) is 0.621. The van der Waals surface area contributed by atoms with Crippen LogP contribution in [0.15, 0.2) is 60.7 Å². The van der Waals surface area contributed by atoms with Gasteiger partial charge in [-0.3, -0.25) is 9.59 Å². The zero-order valence-corrected chi connectivity index (χ0v) is 17.7. The SMILES string of the molecule is O=C(O)CCC1CN(C(=O)/C=C/CNC(=O)OCC2c3ccccc3-c3ccccc32)C1. The summed E-state index contributed by atoms with van der Waals surface area (Å²) in [5, 5.41) is 11.3. The van der Waals surface area contributed by atoms with Gasteiger partial charge in [0.15, 0.2) is 0 Å². The maximum atomic E-state index is 12.1. The molecule has 2 aromatic rings. The van der Waals surface area contributed by atoms with Crippen molar-refractivity contribution in [3.8, 4) is 11.1 Å². The van der Waals surface area contributed by atoms with Gasteiger partial charge in [-0.15, -0.1) is 0 Å². The van der Waals surface area contributed by atoms with Crippen LogP contribution in [0.25, 0.3) is 11.1 Å². The smallest absolute Gasteiger partial charge is 0.407 e. The molecule has 0 unspecified atom stereocenters. The van der Waals surface area contributed by atoms with E-state index in [0.717, 1.165) is 11.1 Å². The number of carbonyl (C=O) groups excluding carboxylic acids is 2. The van der Waals surface area contributed by atoms with Crippen molar-refractivity contribution in [2.75, 3.05) is 26.2 Å². The molecule has 166 valence electrons. The van der Waals surface area contributed by atoms with Gasteiger partial charge in [0.1, 0.15) is 6.61 Å². The van der Waals surface area contributed by atoms with E-state index < -0.39 is 12.1 Å². The monoisotopic (exact) mass is 434 g/mol. The van der Waals surface area contributed by atoms with Crippen molar-refractivity contribution in [2.45, 2.75) is 18.8 Å². The molecule has 2 aliphatic rings. The first kappa shape index (κ1) is 21.6. The highest BCUT2D eigenvalue weighted by Gasteiger charge is 2.30. The number of rotatable bonds is 8. The first-order valence-electron chi connectivity index (χ1n) is 10.8. The van der Waals surface area contributed by atoms with Crippen molar-refractivity contribution in [3.05, 3.63) is 71.8 Å². The Morgan fingerprint density at radius 3 is 2.28 bits per heavy atom. The number of nitrogens with one attached hydrogen (secondary N) is 1. The molecule has 1 fully saturated rings. The predicted octanol–water partition coefficient (Wildman–Crippen LogP) is 3.40. The van der Waals surface area contributed by atoms with Crippen LogP contribution in [0.2, 0.25) is 0 Å². The Morgan fingerprint density at radius 2 is 1.66 bits per heavy atom. The number of nitrogens with zero attached hydrogens (tertiary/aromatic N) is 1. The van der Waals surface area contributed by atoms with Gasteiger partial charge >= 0.3 is 12.1 Å². The van der Waals surface area contributed by atoms with Crippen LogP contribution in [0.3, 0.4) is 0 Å². The van der Waals surface area contributed by atoms with Gasteiger partial charge in [-0.2, -0.15) is 0 Å². The fraction of sp³-hybridized carbons (Fsp3) is 0.320. The van der Waals surface area contributed by atoms with Crippen LogP contribution in [0.1, 0.15) is 29.9 Å². The molecule has 0 bridgehead atoms. The zero-order chi connectivity index (χ0) is 22.5. The molecule has 0 radical (unpaired) electrons. The van der Waals surface area contributed by atoms with Gasteiger partial charge in [-0.05, 0) is 34.6 Å². The highest BCUT2D eigenvalue weighted by molar-refractivity contribution is 5.88. The van der Waals surface area contributed by atoms with E-state index in [1.54, 1.807) is 11.0 Å². The number of carboxylic acids is 1. The van der Waals surface area contributed by atoms with Crippen LogP contribution >= 0.6 is 0 Å². The molecule has 7 nitrogen and oxygen atoms in total. The molecule has 1 heterocycles.